The quantitative estimate of drug-likeness (QED) is 0.651. The number of anilines is 1. The Morgan fingerprint density at radius 1 is 1.79 bits per heavy atom. The Labute approximate surface area is 82.1 Å². The highest BCUT2D eigenvalue weighted by atomic mass is 16.2. The van der Waals surface area contributed by atoms with Gasteiger partial charge in [0.2, 0.25) is 5.91 Å². The Hall–Kier alpha value is -1.36. The number of aromatic nitrogens is 2. The summed E-state index contributed by atoms with van der Waals surface area (Å²) in [5.74, 6) is 0.682. The normalized spacial score (nSPS) is 17.9. The number of aromatic amines is 1. The summed E-state index contributed by atoms with van der Waals surface area (Å²) in [7, 11) is 0. The van der Waals surface area contributed by atoms with Crippen LogP contribution in [0.1, 0.15) is 18.4 Å². The molecule has 14 heavy (non-hydrogen) atoms. The molecule has 0 aromatic carbocycles. The topological polar surface area (TPSA) is 83.8 Å². The molecule has 0 saturated heterocycles. The zero-order valence-electron chi connectivity index (χ0n) is 8.13. The number of carbonyl (C=O) groups excluding carboxylic acids is 1. The molecule has 0 radical (unpaired) electrons. The number of nitrogens with zero attached hydrogens (tertiary/aromatic N) is 1. The number of aryl methyl sites for hydroxylation is 1. The third-order valence-corrected chi connectivity index (χ3v) is 2.79. The summed E-state index contributed by atoms with van der Waals surface area (Å²) in [5.41, 5.74) is 6.18. The van der Waals surface area contributed by atoms with Gasteiger partial charge in [-0.3, -0.25) is 9.89 Å². The van der Waals surface area contributed by atoms with Gasteiger partial charge < -0.3 is 11.1 Å². The monoisotopic (exact) mass is 194 g/mol. The van der Waals surface area contributed by atoms with Gasteiger partial charge in [0.1, 0.15) is 5.82 Å². The Bertz CT molecular complexity index is 353. The van der Waals surface area contributed by atoms with E-state index in [0.29, 0.717) is 12.4 Å². The van der Waals surface area contributed by atoms with Crippen LogP contribution in [0.2, 0.25) is 0 Å². The smallest absolute Gasteiger partial charge is 0.233 e. The minimum Gasteiger partial charge on any atom is -0.329 e. The van der Waals surface area contributed by atoms with Crippen LogP contribution in [0.25, 0.3) is 0 Å². The second kappa shape index (κ2) is 3.09. The molecule has 1 heterocycles. The maximum atomic E-state index is 11.7. The first kappa shape index (κ1) is 9.21. The minimum atomic E-state index is -0.308. The van der Waals surface area contributed by atoms with Crippen LogP contribution in [0.3, 0.4) is 0 Å². The van der Waals surface area contributed by atoms with Gasteiger partial charge in [-0.05, 0) is 19.8 Å². The van der Waals surface area contributed by atoms with Gasteiger partial charge in [-0.1, -0.05) is 0 Å². The van der Waals surface area contributed by atoms with E-state index >= 15 is 0 Å². The van der Waals surface area contributed by atoms with Crippen LogP contribution in [-0.2, 0) is 4.79 Å². The van der Waals surface area contributed by atoms with E-state index in [9.17, 15) is 4.79 Å². The van der Waals surface area contributed by atoms with Crippen LogP contribution >= 0.6 is 0 Å². The molecule has 1 fully saturated rings. The SMILES string of the molecule is Cc1cn[nH]c1NC(=O)C1(CN)CC1. The number of nitrogens with two attached hydrogens (primary N) is 1. The molecule has 1 aromatic rings. The van der Waals surface area contributed by atoms with Gasteiger partial charge in [0.05, 0.1) is 11.6 Å². The number of H-pyrrole nitrogens is 1. The van der Waals surface area contributed by atoms with Crippen molar-refractivity contribution in [1.82, 2.24) is 10.2 Å². The molecule has 0 bridgehead atoms. The number of hydrogen-bond acceptors (Lipinski definition) is 3. The molecule has 5 heteroatoms. The number of hydrogen-bond donors (Lipinski definition) is 3. The maximum Gasteiger partial charge on any atom is 0.233 e. The van der Waals surface area contributed by atoms with Crippen molar-refractivity contribution >= 4 is 11.7 Å². The second-order valence-electron chi connectivity index (χ2n) is 3.87. The predicted octanol–water partition coefficient (Wildman–Crippen LogP) is 0.396. The number of nitrogens with one attached hydrogen (secondary N) is 2. The van der Waals surface area contributed by atoms with Gasteiger partial charge in [-0.15, -0.1) is 0 Å². The van der Waals surface area contributed by atoms with Crippen molar-refractivity contribution in [3.63, 3.8) is 0 Å². The Balaban J connectivity index is 2.05. The van der Waals surface area contributed by atoms with E-state index < -0.39 is 0 Å². The van der Waals surface area contributed by atoms with Crippen LogP contribution in [0.15, 0.2) is 6.20 Å². The maximum absolute atomic E-state index is 11.7. The lowest BCUT2D eigenvalue weighted by atomic mass is 10.1. The van der Waals surface area contributed by atoms with Crippen molar-refractivity contribution in [1.29, 1.82) is 0 Å². The summed E-state index contributed by atoms with van der Waals surface area (Å²) >= 11 is 0. The van der Waals surface area contributed by atoms with Crippen LogP contribution in [0.5, 0.6) is 0 Å². The molecular weight excluding hydrogens is 180 g/mol. The summed E-state index contributed by atoms with van der Waals surface area (Å²) in [6.45, 7) is 2.31. The fourth-order valence-electron chi connectivity index (χ4n) is 1.39. The molecule has 1 saturated carbocycles. The standard InChI is InChI=1S/C9H14N4O/c1-6-4-11-13-7(6)12-8(14)9(5-10)2-3-9/h4H,2-3,5,10H2,1H3,(H2,11,12,13,14). The van der Waals surface area contributed by atoms with Gasteiger partial charge >= 0.3 is 0 Å². The van der Waals surface area contributed by atoms with Crippen molar-refractivity contribution in [2.24, 2.45) is 11.1 Å². The first-order valence-electron chi connectivity index (χ1n) is 4.69. The molecule has 0 unspecified atom stereocenters. The largest absolute Gasteiger partial charge is 0.329 e. The van der Waals surface area contributed by atoms with Gasteiger partial charge in [0.25, 0.3) is 0 Å². The summed E-state index contributed by atoms with van der Waals surface area (Å²) in [5, 5.41) is 9.38. The summed E-state index contributed by atoms with van der Waals surface area (Å²) in [6.07, 6.45) is 3.46. The Morgan fingerprint density at radius 3 is 2.93 bits per heavy atom. The molecule has 1 aliphatic rings. The van der Waals surface area contributed by atoms with Crippen LogP contribution in [0, 0.1) is 12.3 Å². The molecular formula is C9H14N4O. The average molecular weight is 194 g/mol. The number of carbonyl (C=O) groups is 1. The molecule has 2 rings (SSSR count). The number of amides is 1. The molecule has 0 atom stereocenters. The van der Waals surface area contributed by atoms with E-state index in [0.717, 1.165) is 18.4 Å². The highest BCUT2D eigenvalue weighted by Crippen LogP contribution is 2.45. The van der Waals surface area contributed by atoms with Gasteiger partial charge in [0, 0.05) is 12.1 Å². The molecule has 5 nitrogen and oxygen atoms in total. The van der Waals surface area contributed by atoms with Crippen molar-refractivity contribution < 1.29 is 4.79 Å². The first-order chi connectivity index (χ1) is 6.68. The zero-order chi connectivity index (χ0) is 10.2. The second-order valence-corrected chi connectivity index (χ2v) is 3.87. The van der Waals surface area contributed by atoms with Crippen LogP contribution in [-0.4, -0.2) is 22.6 Å². The van der Waals surface area contributed by atoms with Crippen LogP contribution in [0.4, 0.5) is 5.82 Å². The lowest BCUT2D eigenvalue weighted by Gasteiger charge is -2.11. The van der Waals surface area contributed by atoms with E-state index in [1.54, 1.807) is 6.20 Å². The average Bonchev–Trinajstić information content (AvgIpc) is 2.89. The van der Waals surface area contributed by atoms with Crippen molar-refractivity contribution in [2.75, 3.05) is 11.9 Å². The highest BCUT2D eigenvalue weighted by Gasteiger charge is 2.48. The van der Waals surface area contributed by atoms with Crippen molar-refractivity contribution in [2.45, 2.75) is 19.8 Å². The molecule has 0 spiro atoms. The highest BCUT2D eigenvalue weighted by molar-refractivity contribution is 5.97. The molecule has 1 amide bonds. The summed E-state index contributed by atoms with van der Waals surface area (Å²) in [4.78, 5) is 11.7. The van der Waals surface area contributed by atoms with E-state index in [1.165, 1.54) is 0 Å². The Morgan fingerprint density at radius 2 is 2.50 bits per heavy atom. The predicted molar refractivity (Wildman–Crippen MR) is 52.7 cm³/mol. The molecule has 1 aliphatic carbocycles. The van der Waals surface area contributed by atoms with Crippen molar-refractivity contribution in [3.8, 4) is 0 Å². The zero-order valence-corrected chi connectivity index (χ0v) is 8.13. The van der Waals surface area contributed by atoms with Gasteiger partial charge in [-0.2, -0.15) is 5.10 Å². The summed E-state index contributed by atoms with van der Waals surface area (Å²) < 4.78 is 0. The third-order valence-electron chi connectivity index (χ3n) is 2.79. The molecule has 1 aromatic heterocycles. The fraction of sp³-hybridized carbons (Fsp3) is 0.556. The third kappa shape index (κ3) is 1.39. The lowest BCUT2D eigenvalue weighted by molar-refractivity contribution is -0.120. The van der Waals surface area contributed by atoms with Gasteiger partial charge in [-0.25, -0.2) is 0 Å². The minimum absolute atomic E-state index is 0.00681. The molecule has 4 N–H and O–H groups in total. The fourth-order valence-corrected chi connectivity index (χ4v) is 1.39. The summed E-state index contributed by atoms with van der Waals surface area (Å²) in [6, 6.07) is 0. The van der Waals surface area contributed by atoms with E-state index in [4.69, 9.17) is 5.73 Å². The lowest BCUT2D eigenvalue weighted by Crippen LogP contribution is -2.31. The number of rotatable bonds is 3. The van der Waals surface area contributed by atoms with Crippen LogP contribution < -0.4 is 11.1 Å². The Kier molecular flexibility index (Phi) is 2.03. The van der Waals surface area contributed by atoms with Gasteiger partial charge in [0.15, 0.2) is 0 Å². The molecule has 76 valence electrons. The van der Waals surface area contributed by atoms with E-state index in [2.05, 4.69) is 15.5 Å². The van der Waals surface area contributed by atoms with E-state index in [-0.39, 0.29) is 11.3 Å². The van der Waals surface area contributed by atoms with Crippen molar-refractivity contribution in [3.05, 3.63) is 11.8 Å². The van der Waals surface area contributed by atoms with E-state index in [1.807, 2.05) is 6.92 Å². The molecule has 0 aliphatic heterocycles. The first-order valence-corrected chi connectivity index (χ1v) is 4.69.